The Labute approximate surface area is 205 Å². The van der Waals surface area contributed by atoms with Gasteiger partial charge in [-0.05, 0) is 48.4 Å². The minimum Gasteiger partial charge on any atom is -0.507 e. The molecule has 1 aliphatic rings. The fourth-order valence-corrected chi connectivity index (χ4v) is 4.12. The van der Waals surface area contributed by atoms with Crippen LogP contribution in [0.2, 0.25) is 0 Å². The number of aliphatic hydroxyl groups is 1. The molecule has 0 radical (unpaired) electrons. The zero-order valence-corrected chi connectivity index (χ0v) is 20.1. The van der Waals surface area contributed by atoms with Crippen molar-refractivity contribution in [3.8, 4) is 5.75 Å². The van der Waals surface area contributed by atoms with Crippen molar-refractivity contribution in [1.29, 1.82) is 0 Å². The topological polar surface area (TPSA) is 83.0 Å². The minimum absolute atomic E-state index is 0.0520. The van der Waals surface area contributed by atoms with Gasteiger partial charge in [0.25, 0.3) is 11.7 Å². The molecule has 1 saturated heterocycles. The highest BCUT2D eigenvalue weighted by atomic mass is 16.5. The van der Waals surface area contributed by atoms with Gasteiger partial charge in [-0.2, -0.15) is 0 Å². The van der Waals surface area contributed by atoms with E-state index in [0.29, 0.717) is 23.6 Å². The van der Waals surface area contributed by atoms with Crippen molar-refractivity contribution in [2.24, 2.45) is 0 Å². The molecule has 0 saturated carbocycles. The maximum absolute atomic E-state index is 13.3. The van der Waals surface area contributed by atoms with Crippen molar-refractivity contribution < 1.29 is 19.4 Å². The van der Waals surface area contributed by atoms with E-state index in [1.165, 1.54) is 4.90 Å². The highest BCUT2D eigenvalue weighted by Gasteiger charge is 2.46. The van der Waals surface area contributed by atoms with Crippen LogP contribution in [0.15, 0.2) is 78.5 Å². The van der Waals surface area contributed by atoms with E-state index in [4.69, 9.17) is 4.74 Å². The molecule has 4 rings (SSSR count). The zero-order valence-electron chi connectivity index (χ0n) is 20.1. The molecule has 1 unspecified atom stereocenters. The number of ketones is 1. The summed E-state index contributed by atoms with van der Waals surface area (Å²) in [5.41, 5.74) is 2.83. The first-order chi connectivity index (χ1) is 16.9. The van der Waals surface area contributed by atoms with Crippen molar-refractivity contribution in [2.75, 3.05) is 25.6 Å². The van der Waals surface area contributed by atoms with E-state index in [9.17, 15) is 14.7 Å². The minimum atomic E-state index is -0.756. The Kier molecular flexibility index (Phi) is 7.15. The quantitative estimate of drug-likeness (QED) is 0.295. The van der Waals surface area contributed by atoms with Crippen molar-refractivity contribution in [3.05, 3.63) is 95.3 Å². The molecule has 1 N–H and O–H groups in total. The number of anilines is 1. The second kappa shape index (κ2) is 10.4. The second-order valence-electron chi connectivity index (χ2n) is 8.61. The van der Waals surface area contributed by atoms with Gasteiger partial charge in [-0.15, -0.1) is 0 Å². The van der Waals surface area contributed by atoms with Gasteiger partial charge in [0.1, 0.15) is 11.5 Å². The van der Waals surface area contributed by atoms with Crippen LogP contribution < -0.4 is 9.64 Å². The van der Waals surface area contributed by atoms with Gasteiger partial charge in [0.2, 0.25) is 0 Å². The fraction of sp³-hybridized carbons (Fsp3) is 0.250. The van der Waals surface area contributed by atoms with Crippen LogP contribution in [0.5, 0.6) is 5.75 Å². The Hall–Kier alpha value is -4.13. The van der Waals surface area contributed by atoms with E-state index in [0.717, 1.165) is 17.7 Å². The number of carbonyl (C=O) groups is 2. The number of ether oxygens (including phenoxy) is 1. The lowest BCUT2D eigenvalue weighted by Gasteiger charge is -2.25. The molecular weight excluding hydrogens is 442 g/mol. The van der Waals surface area contributed by atoms with Gasteiger partial charge in [-0.25, -0.2) is 0 Å². The molecule has 1 amide bonds. The van der Waals surface area contributed by atoms with Gasteiger partial charge >= 0.3 is 0 Å². The highest BCUT2D eigenvalue weighted by molar-refractivity contribution is 6.46. The molecule has 180 valence electrons. The third-order valence-electron chi connectivity index (χ3n) is 5.90. The van der Waals surface area contributed by atoms with Crippen LogP contribution in [0.1, 0.15) is 36.2 Å². The van der Waals surface area contributed by atoms with Crippen LogP contribution >= 0.6 is 0 Å². The summed E-state index contributed by atoms with van der Waals surface area (Å²) in [7, 11) is 3.88. The largest absolute Gasteiger partial charge is 0.507 e. The molecule has 1 aromatic heterocycles. The van der Waals surface area contributed by atoms with Crippen LogP contribution in [-0.4, -0.2) is 47.4 Å². The summed E-state index contributed by atoms with van der Waals surface area (Å²) in [5.74, 6) is -1.03. The third-order valence-corrected chi connectivity index (χ3v) is 5.90. The third kappa shape index (κ3) is 5.04. The molecule has 0 bridgehead atoms. The summed E-state index contributed by atoms with van der Waals surface area (Å²) in [6.07, 6.45) is 2.49. The van der Waals surface area contributed by atoms with Gasteiger partial charge < -0.3 is 19.6 Å². The van der Waals surface area contributed by atoms with E-state index in [1.807, 2.05) is 56.3 Å². The predicted molar refractivity (Wildman–Crippen MR) is 135 cm³/mol. The number of amides is 1. The molecule has 0 aliphatic carbocycles. The Morgan fingerprint density at radius 1 is 1.06 bits per heavy atom. The van der Waals surface area contributed by atoms with Gasteiger partial charge in [-0.1, -0.05) is 37.3 Å². The molecule has 3 aromatic rings. The normalized spacial score (nSPS) is 17.0. The van der Waals surface area contributed by atoms with Crippen LogP contribution in [0.25, 0.3) is 5.76 Å². The van der Waals surface area contributed by atoms with Crippen LogP contribution in [0.4, 0.5) is 5.69 Å². The first-order valence-electron chi connectivity index (χ1n) is 11.6. The summed E-state index contributed by atoms with van der Waals surface area (Å²) in [5, 5.41) is 11.3. The van der Waals surface area contributed by atoms with Crippen molar-refractivity contribution >= 4 is 23.1 Å². The summed E-state index contributed by atoms with van der Waals surface area (Å²) in [4.78, 5) is 34.2. The van der Waals surface area contributed by atoms with E-state index in [1.54, 1.807) is 42.6 Å². The summed E-state index contributed by atoms with van der Waals surface area (Å²) < 4.78 is 5.69. The van der Waals surface area contributed by atoms with Crippen molar-refractivity contribution in [2.45, 2.75) is 25.9 Å². The molecular formula is C28H29N3O4. The second-order valence-corrected chi connectivity index (χ2v) is 8.61. The van der Waals surface area contributed by atoms with Gasteiger partial charge in [0.05, 0.1) is 30.5 Å². The maximum atomic E-state index is 13.3. The molecule has 1 aliphatic heterocycles. The monoisotopic (exact) mass is 471 g/mol. The SMILES string of the molecule is CCCOc1cccc(/C(O)=C2/C(=O)C(=O)N(Cc3ccccn3)C2c2ccc(N(C)C)cc2)c1. The first kappa shape index (κ1) is 24.0. The lowest BCUT2D eigenvalue weighted by Crippen LogP contribution is -2.29. The molecule has 2 aromatic carbocycles. The van der Waals surface area contributed by atoms with Gasteiger partial charge in [-0.3, -0.25) is 14.6 Å². The summed E-state index contributed by atoms with van der Waals surface area (Å²) in [6, 6.07) is 19.2. The van der Waals surface area contributed by atoms with E-state index >= 15 is 0 Å². The van der Waals surface area contributed by atoms with Crippen LogP contribution in [0, 0.1) is 0 Å². The number of hydrogen-bond acceptors (Lipinski definition) is 6. The lowest BCUT2D eigenvalue weighted by molar-refractivity contribution is -0.140. The standard InChI is InChI=1S/C28H29N3O4/c1-4-16-35-23-10-7-8-20(17-23)26(32)24-25(19-11-13-22(14-12-19)30(2)3)31(28(34)27(24)33)18-21-9-5-6-15-29-21/h5-15,17,25,32H,4,16,18H2,1-3H3/b26-24-. The highest BCUT2D eigenvalue weighted by Crippen LogP contribution is 2.40. The number of nitrogens with zero attached hydrogens (tertiary/aromatic N) is 3. The van der Waals surface area contributed by atoms with Gasteiger partial charge in [0, 0.05) is 31.5 Å². The predicted octanol–water partition coefficient (Wildman–Crippen LogP) is 4.56. The average Bonchev–Trinajstić information content (AvgIpc) is 3.12. The molecule has 7 nitrogen and oxygen atoms in total. The number of pyridine rings is 1. The number of Topliss-reactive ketones (excluding diaryl/α,β-unsaturated/α-hetero) is 1. The number of aromatic nitrogens is 1. The summed E-state index contributed by atoms with van der Waals surface area (Å²) in [6.45, 7) is 2.69. The number of benzene rings is 2. The van der Waals surface area contributed by atoms with Crippen LogP contribution in [0.3, 0.4) is 0 Å². The Morgan fingerprint density at radius 3 is 2.49 bits per heavy atom. The maximum Gasteiger partial charge on any atom is 0.296 e. The zero-order chi connectivity index (χ0) is 24.9. The molecule has 35 heavy (non-hydrogen) atoms. The average molecular weight is 472 g/mol. The summed E-state index contributed by atoms with van der Waals surface area (Å²) >= 11 is 0. The number of aliphatic hydroxyl groups excluding tert-OH is 1. The number of hydrogen-bond donors (Lipinski definition) is 1. The Morgan fingerprint density at radius 2 is 1.83 bits per heavy atom. The fourth-order valence-electron chi connectivity index (χ4n) is 4.12. The van der Waals surface area contributed by atoms with Gasteiger partial charge in [0.15, 0.2) is 0 Å². The number of likely N-dealkylation sites (tertiary alicyclic amines) is 1. The van der Waals surface area contributed by atoms with Crippen molar-refractivity contribution in [3.63, 3.8) is 0 Å². The number of carbonyl (C=O) groups excluding carboxylic acids is 2. The molecule has 1 atom stereocenters. The smallest absolute Gasteiger partial charge is 0.296 e. The number of rotatable bonds is 8. The Balaban J connectivity index is 1.82. The molecule has 7 heteroatoms. The molecule has 1 fully saturated rings. The molecule has 2 heterocycles. The van der Waals surface area contributed by atoms with Crippen molar-refractivity contribution in [1.82, 2.24) is 9.88 Å². The van der Waals surface area contributed by atoms with E-state index < -0.39 is 17.7 Å². The lowest BCUT2D eigenvalue weighted by atomic mass is 9.95. The van der Waals surface area contributed by atoms with E-state index in [2.05, 4.69) is 4.98 Å². The van der Waals surface area contributed by atoms with Crippen LogP contribution in [-0.2, 0) is 16.1 Å². The molecule has 0 spiro atoms. The first-order valence-corrected chi connectivity index (χ1v) is 11.6. The Bertz CT molecular complexity index is 1240. The van der Waals surface area contributed by atoms with E-state index in [-0.39, 0.29) is 17.9 Å².